The van der Waals surface area contributed by atoms with Gasteiger partial charge >= 0.3 is 0 Å². The fourth-order valence-electron chi connectivity index (χ4n) is 1.72. The number of nitrogens with zero attached hydrogens (tertiary/aromatic N) is 3. The highest BCUT2D eigenvalue weighted by Gasteiger charge is 2.25. The molecule has 14 heavy (non-hydrogen) atoms. The van der Waals surface area contributed by atoms with Crippen LogP contribution in [0.2, 0.25) is 0 Å². The Morgan fingerprint density at radius 3 is 3.00 bits per heavy atom. The quantitative estimate of drug-likeness (QED) is 0.661. The van der Waals surface area contributed by atoms with E-state index in [1.165, 1.54) is 0 Å². The molecular weight excluding hydrogens is 180 g/mol. The topological polar surface area (TPSA) is 64.2 Å². The molecule has 1 atom stereocenters. The highest BCUT2D eigenvalue weighted by Crippen LogP contribution is 2.11. The summed E-state index contributed by atoms with van der Waals surface area (Å²) >= 11 is 0. The Hall–Kier alpha value is -1.36. The number of carbonyl (C=O) groups excluding carboxylic acids is 1. The number of aromatic nitrogens is 2. The fraction of sp³-hybridized carbons (Fsp3) is 0.556. The maximum atomic E-state index is 11.9. The predicted molar refractivity (Wildman–Crippen MR) is 51.7 cm³/mol. The van der Waals surface area contributed by atoms with Crippen LogP contribution in [0.4, 0.5) is 0 Å². The standard InChI is InChI=1S/C9H14N4O/c1-12-8(2-4-11-12)9(14)13-5-3-7(10)6-13/h2,4,7H,3,5-6,10H2,1H3/t7-/m0/s1. The minimum atomic E-state index is 0.0259. The zero-order valence-electron chi connectivity index (χ0n) is 8.18. The van der Waals surface area contributed by atoms with Gasteiger partial charge in [0.25, 0.3) is 5.91 Å². The highest BCUT2D eigenvalue weighted by molar-refractivity contribution is 5.92. The summed E-state index contributed by atoms with van der Waals surface area (Å²) in [4.78, 5) is 13.7. The molecule has 1 aromatic heterocycles. The first-order valence-corrected chi connectivity index (χ1v) is 4.71. The summed E-state index contributed by atoms with van der Waals surface area (Å²) in [5.74, 6) is 0.0259. The predicted octanol–water partition coefficient (Wildman–Crippen LogP) is -0.407. The summed E-state index contributed by atoms with van der Waals surface area (Å²) in [6, 6.07) is 1.86. The van der Waals surface area contributed by atoms with Gasteiger partial charge in [-0.2, -0.15) is 5.10 Å². The van der Waals surface area contributed by atoms with Crippen molar-refractivity contribution in [2.24, 2.45) is 12.8 Å². The Labute approximate surface area is 82.5 Å². The molecule has 0 saturated carbocycles. The molecule has 2 rings (SSSR count). The van der Waals surface area contributed by atoms with Crippen molar-refractivity contribution in [1.29, 1.82) is 0 Å². The Morgan fingerprint density at radius 2 is 2.50 bits per heavy atom. The third-order valence-electron chi connectivity index (χ3n) is 2.55. The summed E-state index contributed by atoms with van der Waals surface area (Å²) in [5.41, 5.74) is 6.36. The van der Waals surface area contributed by atoms with Crippen LogP contribution in [0.25, 0.3) is 0 Å². The third-order valence-corrected chi connectivity index (χ3v) is 2.55. The Kier molecular flexibility index (Phi) is 2.25. The maximum Gasteiger partial charge on any atom is 0.272 e. The van der Waals surface area contributed by atoms with Crippen LogP contribution >= 0.6 is 0 Å². The van der Waals surface area contributed by atoms with Crippen molar-refractivity contribution in [3.05, 3.63) is 18.0 Å². The Balaban J connectivity index is 2.13. The number of rotatable bonds is 1. The summed E-state index contributed by atoms with van der Waals surface area (Å²) in [6.45, 7) is 1.41. The van der Waals surface area contributed by atoms with Crippen LogP contribution < -0.4 is 5.73 Å². The average Bonchev–Trinajstić information content (AvgIpc) is 2.73. The van der Waals surface area contributed by atoms with E-state index in [9.17, 15) is 4.79 Å². The smallest absolute Gasteiger partial charge is 0.272 e. The lowest BCUT2D eigenvalue weighted by Crippen LogP contribution is -2.33. The molecule has 1 aromatic rings. The Bertz CT molecular complexity index is 346. The zero-order valence-corrected chi connectivity index (χ0v) is 8.18. The van der Waals surface area contributed by atoms with Gasteiger partial charge in [0.15, 0.2) is 0 Å². The summed E-state index contributed by atoms with van der Waals surface area (Å²) in [5, 5.41) is 3.97. The molecule has 5 heteroatoms. The van der Waals surface area contributed by atoms with Crippen LogP contribution in [-0.2, 0) is 7.05 Å². The van der Waals surface area contributed by atoms with Crippen LogP contribution in [0.3, 0.4) is 0 Å². The maximum absolute atomic E-state index is 11.9. The minimum absolute atomic E-state index is 0.0259. The third kappa shape index (κ3) is 1.50. The summed E-state index contributed by atoms with van der Waals surface area (Å²) in [7, 11) is 1.77. The fourth-order valence-corrected chi connectivity index (χ4v) is 1.72. The number of hydrogen-bond donors (Lipinski definition) is 1. The van der Waals surface area contributed by atoms with Crippen LogP contribution in [-0.4, -0.2) is 39.7 Å². The highest BCUT2D eigenvalue weighted by atomic mass is 16.2. The first kappa shape index (κ1) is 9.21. The van der Waals surface area contributed by atoms with Crippen molar-refractivity contribution < 1.29 is 4.79 Å². The first-order chi connectivity index (χ1) is 6.68. The molecule has 1 saturated heterocycles. The molecule has 0 bridgehead atoms. The van der Waals surface area contributed by atoms with Crippen molar-refractivity contribution in [1.82, 2.24) is 14.7 Å². The van der Waals surface area contributed by atoms with Gasteiger partial charge in [0.05, 0.1) is 0 Å². The number of amides is 1. The van der Waals surface area contributed by atoms with Gasteiger partial charge in [0.2, 0.25) is 0 Å². The molecule has 1 fully saturated rings. The molecule has 0 aromatic carbocycles. The molecule has 0 unspecified atom stereocenters. The molecule has 76 valence electrons. The van der Waals surface area contributed by atoms with Crippen LogP contribution in [0.15, 0.2) is 12.3 Å². The molecule has 2 N–H and O–H groups in total. The van der Waals surface area contributed by atoms with Crippen molar-refractivity contribution in [2.75, 3.05) is 13.1 Å². The molecule has 0 radical (unpaired) electrons. The second-order valence-corrected chi connectivity index (χ2v) is 3.64. The van der Waals surface area contributed by atoms with Crippen molar-refractivity contribution in [2.45, 2.75) is 12.5 Å². The first-order valence-electron chi connectivity index (χ1n) is 4.71. The van der Waals surface area contributed by atoms with E-state index in [4.69, 9.17) is 5.73 Å². The minimum Gasteiger partial charge on any atom is -0.336 e. The molecule has 1 amide bonds. The van der Waals surface area contributed by atoms with Gasteiger partial charge in [0, 0.05) is 32.4 Å². The van der Waals surface area contributed by atoms with Gasteiger partial charge < -0.3 is 10.6 Å². The SMILES string of the molecule is Cn1nccc1C(=O)N1CC[C@H](N)C1. The van der Waals surface area contributed by atoms with E-state index in [1.54, 1.807) is 28.9 Å². The zero-order chi connectivity index (χ0) is 10.1. The molecular formula is C9H14N4O. The van der Waals surface area contributed by atoms with Gasteiger partial charge in [-0.25, -0.2) is 0 Å². The average molecular weight is 194 g/mol. The number of aryl methyl sites for hydroxylation is 1. The lowest BCUT2D eigenvalue weighted by molar-refractivity contribution is 0.0780. The van der Waals surface area contributed by atoms with Crippen LogP contribution in [0.1, 0.15) is 16.9 Å². The van der Waals surface area contributed by atoms with Crippen molar-refractivity contribution >= 4 is 5.91 Å². The molecule has 5 nitrogen and oxygen atoms in total. The van der Waals surface area contributed by atoms with Crippen LogP contribution in [0, 0.1) is 0 Å². The normalized spacial score (nSPS) is 21.6. The molecule has 1 aliphatic heterocycles. The van der Waals surface area contributed by atoms with Gasteiger partial charge in [-0.15, -0.1) is 0 Å². The van der Waals surface area contributed by atoms with Crippen molar-refractivity contribution in [3.8, 4) is 0 Å². The number of nitrogens with two attached hydrogens (primary N) is 1. The van der Waals surface area contributed by atoms with E-state index in [0.717, 1.165) is 13.0 Å². The largest absolute Gasteiger partial charge is 0.336 e. The molecule has 1 aliphatic rings. The molecule has 0 spiro atoms. The number of carbonyl (C=O) groups is 1. The molecule has 0 aliphatic carbocycles. The van der Waals surface area contributed by atoms with Gasteiger partial charge in [0.1, 0.15) is 5.69 Å². The summed E-state index contributed by atoms with van der Waals surface area (Å²) < 4.78 is 1.59. The number of likely N-dealkylation sites (tertiary alicyclic amines) is 1. The van der Waals surface area contributed by atoms with Gasteiger partial charge in [-0.05, 0) is 12.5 Å². The summed E-state index contributed by atoms with van der Waals surface area (Å²) in [6.07, 6.45) is 2.52. The monoisotopic (exact) mass is 194 g/mol. The Morgan fingerprint density at radius 1 is 1.71 bits per heavy atom. The number of hydrogen-bond acceptors (Lipinski definition) is 3. The van der Waals surface area contributed by atoms with Crippen molar-refractivity contribution in [3.63, 3.8) is 0 Å². The second-order valence-electron chi connectivity index (χ2n) is 3.64. The van der Waals surface area contributed by atoms with E-state index < -0.39 is 0 Å². The lowest BCUT2D eigenvalue weighted by Gasteiger charge is -2.15. The molecule has 2 heterocycles. The second kappa shape index (κ2) is 3.42. The van der Waals surface area contributed by atoms with E-state index in [1.807, 2.05) is 0 Å². The van der Waals surface area contributed by atoms with Gasteiger partial charge in [-0.3, -0.25) is 9.48 Å². The van der Waals surface area contributed by atoms with E-state index in [-0.39, 0.29) is 11.9 Å². The van der Waals surface area contributed by atoms with E-state index >= 15 is 0 Å². The van der Waals surface area contributed by atoms with Crippen LogP contribution in [0.5, 0.6) is 0 Å². The lowest BCUT2D eigenvalue weighted by atomic mass is 10.3. The van der Waals surface area contributed by atoms with Gasteiger partial charge in [-0.1, -0.05) is 0 Å². The van der Waals surface area contributed by atoms with E-state index in [2.05, 4.69) is 5.10 Å². The van der Waals surface area contributed by atoms with E-state index in [0.29, 0.717) is 12.2 Å².